The predicted octanol–water partition coefficient (Wildman–Crippen LogP) is 5.05. The highest BCUT2D eigenvalue weighted by Crippen LogP contribution is 2.41. The average Bonchev–Trinajstić information content (AvgIpc) is 2.64. The first-order valence-electron chi connectivity index (χ1n) is 12.2. The lowest BCUT2D eigenvalue weighted by Gasteiger charge is -2.43. The second-order valence-corrected chi connectivity index (χ2v) is 15.1. The molecule has 0 aromatic heterocycles. The van der Waals surface area contributed by atoms with Gasteiger partial charge in [-0.1, -0.05) is 41.5 Å². The lowest BCUT2D eigenvalue weighted by molar-refractivity contribution is -0.145. The molecule has 6 nitrogen and oxygen atoms in total. The van der Waals surface area contributed by atoms with Crippen molar-refractivity contribution in [1.82, 2.24) is 0 Å². The standard InChI is InChI=1S/C25H42O6Si/c1-23(2)11-8-17(26)20(14-23)29-32(7,30-21-15-24(3,4)12-9-18(21)27)31-22-16-25(5,6)13-10-19(22)28/h20-22H,8-16H2,1-7H3. The van der Waals surface area contributed by atoms with Crippen LogP contribution in [0.4, 0.5) is 0 Å². The second kappa shape index (κ2) is 9.04. The molecule has 0 saturated heterocycles. The van der Waals surface area contributed by atoms with Gasteiger partial charge < -0.3 is 13.3 Å². The summed E-state index contributed by atoms with van der Waals surface area (Å²) in [6, 6.07) is 0. The smallest absolute Gasteiger partial charge is 0.363 e. The molecule has 0 heterocycles. The van der Waals surface area contributed by atoms with Crippen molar-refractivity contribution in [2.24, 2.45) is 16.2 Å². The van der Waals surface area contributed by atoms with E-state index < -0.39 is 27.1 Å². The number of carbonyl (C=O) groups is 3. The molecule has 0 bridgehead atoms. The highest BCUT2D eigenvalue weighted by molar-refractivity contribution is 6.60. The first-order valence-corrected chi connectivity index (χ1v) is 14.4. The summed E-state index contributed by atoms with van der Waals surface area (Å²) in [4.78, 5) is 38.2. The van der Waals surface area contributed by atoms with Crippen LogP contribution in [-0.4, -0.2) is 44.5 Å². The number of hydrogen-bond donors (Lipinski definition) is 0. The molecule has 3 atom stereocenters. The molecule has 0 aliphatic heterocycles. The summed E-state index contributed by atoms with van der Waals surface area (Å²) in [5, 5.41) is 0. The summed E-state index contributed by atoms with van der Waals surface area (Å²) in [6.07, 6.45) is 3.81. The zero-order chi connectivity index (χ0) is 23.9. The number of Topliss-reactive ketones (excluding diaryl/α,β-unsaturated/α-hetero) is 3. The fourth-order valence-electron chi connectivity index (χ4n) is 5.20. The van der Waals surface area contributed by atoms with Gasteiger partial charge in [0, 0.05) is 25.8 Å². The van der Waals surface area contributed by atoms with Crippen LogP contribution < -0.4 is 0 Å². The summed E-state index contributed by atoms with van der Waals surface area (Å²) < 4.78 is 19.2. The largest absolute Gasteiger partial charge is 0.499 e. The molecule has 3 aliphatic carbocycles. The lowest BCUT2D eigenvalue weighted by atomic mass is 9.76. The van der Waals surface area contributed by atoms with E-state index in [0.717, 1.165) is 19.3 Å². The van der Waals surface area contributed by atoms with Crippen LogP contribution in [0, 0.1) is 16.2 Å². The third-order valence-electron chi connectivity index (χ3n) is 7.50. The lowest BCUT2D eigenvalue weighted by Crippen LogP contribution is -2.56. The Morgan fingerprint density at radius 3 is 1.09 bits per heavy atom. The van der Waals surface area contributed by atoms with E-state index in [1.54, 1.807) is 6.55 Å². The Morgan fingerprint density at radius 1 is 0.594 bits per heavy atom. The maximum absolute atomic E-state index is 12.7. The van der Waals surface area contributed by atoms with Gasteiger partial charge in [0.05, 0.1) is 0 Å². The van der Waals surface area contributed by atoms with E-state index in [9.17, 15) is 14.4 Å². The minimum Gasteiger partial charge on any atom is -0.363 e. The third kappa shape index (κ3) is 6.58. The van der Waals surface area contributed by atoms with E-state index in [1.165, 1.54) is 0 Å². The van der Waals surface area contributed by atoms with Gasteiger partial charge in [0.2, 0.25) is 0 Å². The molecule has 0 N–H and O–H groups in total. The number of rotatable bonds is 6. The van der Waals surface area contributed by atoms with E-state index in [0.29, 0.717) is 38.5 Å². The van der Waals surface area contributed by atoms with E-state index in [4.69, 9.17) is 13.3 Å². The van der Waals surface area contributed by atoms with Gasteiger partial charge in [-0.25, -0.2) is 0 Å². The molecular formula is C25H42O6Si. The van der Waals surface area contributed by atoms with Crippen LogP contribution in [0.1, 0.15) is 99.3 Å². The third-order valence-corrected chi connectivity index (χ3v) is 9.64. The molecule has 182 valence electrons. The van der Waals surface area contributed by atoms with Crippen molar-refractivity contribution in [2.45, 2.75) is 124 Å². The minimum atomic E-state index is -3.49. The zero-order valence-electron chi connectivity index (χ0n) is 21.0. The van der Waals surface area contributed by atoms with Crippen LogP contribution in [0.2, 0.25) is 6.55 Å². The Hall–Kier alpha value is -0.893. The number of carbonyl (C=O) groups excluding carboxylic acids is 3. The van der Waals surface area contributed by atoms with Crippen molar-refractivity contribution in [3.63, 3.8) is 0 Å². The van der Waals surface area contributed by atoms with Crippen molar-refractivity contribution in [3.05, 3.63) is 0 Å². The van der Waals surface area contributed by atoms with E-state index >= 15 is 0 Å². The van der Waals surface area contributed by atoms with E-state index in [2.05, 4.69) is 41.5 Å². The minimum absolute atomic E-state index is 0.0147. The molecule has 32 heavy (non-hydrogen) atoms. The van der Waals surface area contributed by atoms with Crippen LogP contribution in [-0.2, 0) is 27.7 Å². The molecule has 0 aromatic rings. The number of ketones is 3. The topological polar surface area (TPSA) is 78.9 Å². The molecule has 0 spiro atoms. The van der Waals surface area contributed by atoms with Gasteiger partial charge in [0.25, 0.3) is 0 Å². The number of hydrogen-bond acceptors (Lipinski definition) is 6. The van der Waals surface area contributed by atoms with E-state index in [-0.39, 0.29) is 33.6 Å². The molecule has 3 rings (SSSR count). The average molecular weight is 467 g/mol. The first-order chi connectivity index (χ1) is 14.6. The van der Waals surface area contributed by atoms with Crippen LogP contribution in [0.25, 0.3) is 0 Å². The monoisotopic (exact) mass is 466 g/mol. The van der Waals surface area contributed by atoms with E-state index in [1.807, 2.05) is 0 Å². The van der Waals surface area contributed by atoms with Crippen LogP contribution in [0.15, 0.2) is 0 Å². The second-order valence-electron chi connectivity index (χ2n) is 12.7. The fourth-order valence-corrected chi connectivity index (χ4v) is 7.56. The summed E-state index contributed by atoms with van der Waals surface area (Å²) >= 11 is 0. The van der Waals surface area contributed by atoms with Gasteiger partial charge in [-0.05, 0) is 54.8 Å². The van der Waals surface area contributed by atoms with Crippen molar-refractivity contribution < 1.29 is 27.7 Å². The zero-order valence-corrected chi connectivity index (χ0v) is 22.0. The van der Waals surface area contributed by atoms with Crippen LogP contribution in [0.3, 0.4) is 0 Å². The SMILES string of the molecule is CC1(C)CCC(=O)C(O[Si](C)(OC2CC(C)(C)CCC2=O)OC2CC(C)(C)CCC2=O)C1. The molecule has 0 aromatic carbocycles. The highest BCUT2D eigenvalue weighted by atomic mass is 28.4. The van der Waals surface area contributed by atoms with Gasteiger partial charge >= 0.3 is 8.80 Å². The first kappa shape index (κ1) is 25.7. The normalized spacial score (nSPS) is 34.2. The van der Waals surface area contributed by atoms with Crippen molar-refractivity contribution >= 4 is 26.2 Å². The molecule has 0 amide bonds. The fraction of sp³-hybridized carbons (Fsp3) is 0.880. The molecule has 3 aliphatic rings. The molecule has 3 fully saturated rings. The Bertz CT molecular complexity index is 658. The van der Waals surface area contributed by atoms with Crippen molar-refractivity contribution in [1.29, 1.82) is 0 Å². The Labute approximate surface area is 194 Å². The summed E-state index contributed by atoms with van der Waals surface area (Å²) in [5.41, 5.74) is -0.0441. The summed E-state index contributed by atoms with van der Waals surface area (Å²) in [6.45, 7) is 14.6. The van der Waals surface area contributed by atoms with Crippen molar-refractivity contribution in [3.8, 4) is 0 Å². The maximum atomic E-state index is 12.7. The Morgan fingerprint density at radius 2 is 0.844 bits per heavy atom. The Kier molecular flexibility index (Phi) is 7.27. The summed E-state index contributed by atoms with van der Waals surface area (Å²) in [5.74, 6) is 0.169. The van der Waals surface area contributed by atoms with Gasteiger partial charge in [0.1, 0.15) is 18.3 Å². The quantitative estimate of drug-likeness (QED) is 0.510. The van der Waals surface area contributed by atoms with Crippen LogP contribution in [0.5, 0.6) is 0 Å². The molecule has 3 unspecified atom stereocenters. The van der Waals surface area contributed by atoms with Crippen molar-refractivity contribution in [2.75, 3.05) is 0 Å². The molecule has 7 heteroatoms. The molecule has 0 radical (unpaired) electrons. The highest BCUT2D eigenvalue weighted by Gasteiger charge is 2.50. The predicted molar refractivity (Wildman–Crippen MR) is 124 cm³/mol. The van der Waals surface area contributed by atoms with Crippen LogP contribution >= 0.6 is 0 Å². The van der Waals surface area contributed by atoms with Gasteiger partial charge in [-0.2, -0.15) is 0 Å². The Balaban J connectivity index is 1.84. The molecular weight excluding hydrogens is 424 g/mol. The van der Waals surface area contributed by atoms with Gasteiger partial charge in [0.15, 0.2) is 17.3 Å². The maximum Gasteiger partial charge on any atom is 0.499 e. The van der Waals surface area contributed by atoms with Gasteiger partial charge in [-0.15, -0.1) is 0 Å². The van der Waals surface area contributed by atoms with Gasteiger partial charge in [-0.3, -0.25) is 14.4 Å². The molecule has 3 saturated carbocycles. The summed E-state index contributed by atoms with van der Waals surface area (Å²) in [7, 11) is -3.49.